The summed E-state index contributed by atoms with van der Waals surface area (Å²) in [5, 5.41) is 15.8. The van der Waals surface area contributed by atoms with Crippen LogP contribution in [0.2, 0.25) is 0 Å². The summed E-state index contributed by atoms with van der Waals surface area (Å²) in [5.41, 5.74) is 3.28. The minimum Gasteiger partial charge on any atom is -0.487 e. The SMILES string of the molecule is O=C(C[C@H]1C[C@@H]2c3cc(NC(=O)Cc4ccncc4)ccc3O[C@@H]2[C@H](CO)O1)NCc1ccccn1. The van der Waals surface area contributed by atoms with E-state index in [4.69, 9.17) is 9.47 Å². The number of anilines is 1. The molecule has 9 heteroatoms. The van der Waals surface area contributed by atoms with Gasteiger partial charge in [0.25, 0.3) is 0 Å². The van der Waals surface area contributed by atoms with E-state index in [9.17, 15) is 14.7 Å². The second-order valence-electron chi connectivity index (χ2n) is 9.04. The first kappa shape index (κ1) is 23.9. The van der Waals surface area contributed by atoms with Crippen LogP contribution in [-0.4, -0.2) is 51.8 Å². The van der Waals surface area contributed by atoms with E-state index in [0.717, 1.165) is 16.8 Å². The van der Waals surface area contributed by atoms with Crippen LogP contribution in [0.25, 0.3) is 0 Å². The zero-order valence-corrected chi connectivity index (χ0v) is 19.7. The molecule has 3 N–H and O–H groups in total. The smallest absolute Gasteiger partial charge is 0.228 e. The first-order valence-electron chi connectivity index (χ1n) is 12.0. The lowest BCUT2D eigenvalue weighted by atomic mass is 9.84. The number of aromatic nitrogens is 2. The molecule has 1 fully saturated rings. The highest BCUT2D eigenvalue weighted by atomic mass is 16.6. The summed E-state index contributed by atoms with van der Waals surface area (Å²) in [4.78, 5) is 33.3. The van der Waals surface area contributed by atoms with Crippen molar-refractivity contribution in [3.8, 4) is 5.75 Å². The summed E-state index contributed by atoms with van der Waals surface area (Å²) in [6, 6.07) is 14.7. The van der Waals surface area contributed by atoms with Crippen molar-refractivity contribution in [1.82, 2.24) is 15.3 Å². The van der Waals surface area contributed by atoms with E-state index < -0.39 is 6.10 Å². The Morgan fingerprint density at radius 3 is 2.69 bits per heavy atom. The van der Waals surface area contributed by atoms with Gasteiger partial charge in [0.05, 0.1) is 37.8 Å². The maximum atomic E-state index is 12.6. The summed E-state index contributed by atoms with van der Waals surface area (Å²) in [6.45, 7) is 0.132. The largest absolute Gasteiger partial charge is 0.487 e. The molecular weight excluding hydrogens is 460 g/mol. The number of hydrogen-bond donors (Lipinski definition) is 3. The number of aliphatic hydroxyl groups excluding tert-OH is 1. The Balaban J connectivity index is 1.24. The molecule has 186 valence electrons. The van der Waals surface area contributed by atoms with E-state index in [2.05, 4.69) is 20.6 Å². The molecule has 2 aliphatic rings. The van der Waals surface area contributed by atoms with E-state index in [1.165, 1.54) is 0 Å². The lowest BCUT2D eigenvalue weighted by Gasteiger charge is -2.37. The van der Waals surface area contributed by atoms with Crippen molar-refractivity contribution in [1.29, 1.82) is 0 Å². The summed E-state index contributed by atoms with van der Waals surface area (Å²) in [5.74, 6) is 0.382. The number of amides is 2. The molecule has 0 unspecified atom stereocenters. The molecule has 1 saturated heterocycles. The molecular formula is C27H28N4O5. The highest BCUT2D eigenvalue weighted by Crippen LogP contribution is 2.47. The van der Waals surface area contributed by atoms with E-state index in [-0.39, 0.29) is 49.4 Å². The van der Waals surface area contributed by atoms with Gasteiger partial charge in [0.1, 0.15) is 18.0 Å². The van der Waals surface area contributed by atoms with Crippen LogP contribution < -0.4 is 15.4 Å². The molecule has 1 aromatic carbocycles. The molecule has 4 heterocycles. The van der Waals surface area contributed by atoms with E-state index >= 15 is 0 Å². The highest BCUT2D eigenvalue weighted by Gasteiger charge is 2.46. The van der Waals surface area contributed by atoms with Crippen molar-refractivity contribution in [2.45, 2.75) is 50.0 Å². The van der Waals surface area contributed by atoms with Crippen molar-refractivity contribution < 1.29 is 24.2 Å². The van der Waals surface area contributed by atoms with E-state index in [1.807, 2.05) is 42.5 Å². The second kappa shape index (κ2) is 10.8. The first-order chi connectivity index (χ1) is 17.6. The number of ether oxygens (including phenoxy) is 2. The Morgan fingerprint density at radius 1 is 1.06 bits per heavy atom. The van der Waals surface area contributed by atoms with Gasteiger partial charge in [-0.2, -0.15) is 0 Å². The average molecular weight is 489 g/mol. The fraction of sp³-hybridized carbons (Fsp3) is 0.333. The Labute approximate surface area is 208 Å². The third-order valence-electron chi connectivity index (χ3n) is 6.50. The minimum atomic E-state index is -0.547. The van der Waals surface area contributed by atoms with Gasteiger partial charge in [-0.3, -0.25) is 19.6 Å². The first-order valence-corrected chi connectivity index (χ1v) is 12.0. The second-order valence-corrected chi connectivity index (χ2v) is 9.04. The van der Waals surface area contributed by atoms with Gasteiger partial charge in [-0.1, -0.05) is 6.07 Å². The number of carbonyl (C=O) groups is 2. The molecule has 0 aliphatic carbocycles. The minimum absolute atomic E-state index is 0.0588. The zero-order valence-electron chi connectivity index (χ0n) is 19.7. The van der Waals surface area contributed by atoms with Gasteiger partial charge in [0.15, 0.2) is 0 Å². The zero-order chi connectivity index (χ0) is 24.9. The number of pyridine rings is 2. The molecule has 5 rings (SSSR count). The van der Waals surface area contributed by atoms with Crippen molar-refractivity contribution in [2.75, 3.05) is 11.9 Å². The topological polar surface area (TPSA) is 123 Å². The van der Waals surface area contributed by atoms with Crippen molar-refractivity contribution in [3.05, 3.63) is 83.9 Å². The monoisotopic (exact) mass is 488 g/mol. The lowest BCUT2D eigenvalue weighted by molar-refractivity contribution is -0.142. The molecule has 2 amide bonds. The Hall–Kier alpha value is -3.82. The van der Waals surface area contributed by atoms with Gasteiger partial charge in [-0.25, -0.2) is 0 Å². The maximum absolute atomic E-state index is 12.6. The molecule has 0 spiro atoms. The van der Waals surface area contributed by atoms with Crippen LogP contribution in [0, 0.1) is 0 Å². The Bertz CT molecular complexity index is 1210. The number of rotatable bonds is 8. The van der Waals surface area contributed by atoms with Crippen LogP contribution >= 0.6 is 0 Å². The highest BCUT2D eigenvalue weighted by molar-refractivity contribution is 5.92. The molecule has 0 bridgehead atoms. The lowest BCUT2D eigenvalue weighted by Crippen LogP contribution is -2.47. The number of hydrogen-bond acceptors (Lipinski definition) is 7. The van der Waals surface area contributed by atoms with Crippen molar-refractivity contribution in [2.24, 2.45) is 0 Å². The van der Waals surface area contributed by atoms with Gasteiger partial charge in [-0.05, 0) is 54.4 Å². The fourth-order valence-corrected chi connectivity index (χ4v) is 4.83. The van der Waals surface area contributed by atoms with Crippen molar-refractivity contribution >= 4 is 17.5 Å². The van der Waals surface area contributed by atoms with Gasteiger partial charge >= 0.3 is 0 Å². The van der Waals surface area contributed by atoms with Gasteiger partial charge < -0.3 is 25.2 Å². The quantitative estimate of drug-likeness (QED) is 0.445. The van der Waals surface area contributed by atoms with Crippen LogP contribution in [-0.2, 0) is 27.3 Å². The van der Waals surface area contributed by atoms with Crippen LogP contribution in [0.1, 0.15) is 35.6 Å². The van der Waals surface area contributed by atoms with Gasteiger partial charge in [0.2, 0.25) is 11.8 Å². The third-order valence-corrected chi connectivity index (χ3v) is 6.50. The fourth-order valence-electron chi connectivity index (χ4n) is 4.83. The van der Waals surface area contributed by atoms with Gasteiger partial charge in [0, 0.05) is 35.8 Å². The summed E-state index contributed by atoms with van der Waals surface area (Å²) in [6.07, 6.45) is 4.73. The maximum Gasteiger partial charge on any atom is 0.228 e. The molecule has 2 aliphatic heterocycles. The predicted octanol–water partition coefficient (Wildman–Crippen LogP) is 2.36. The molecule has 3 aromatic rings. The van der Waals surface area contributed by atoms with Gasteiger partial charge in [-0.15, -0.1) is 0 Å². The number of benzene rings is 1. The molecule has 9 nitrogen and oxygen atoms in total. The molecule has 2 aromatic heterocycles. The van der Waals surface area contributed by atoms with Crippen LogP contribution in [0.15, 0.2) is 67.1 Å². The average Bonchev–Trinajstić information content (AvgIpc) is 3.26. The molecule has 4 atom stereocenters. The number of carbonyl (C=O) groups excluding carboxylic acids is 2. The predicted molar refractivity (Wildman–Crippen MR) is 131 cm³/mol. The van der Waals surface area contributed by atoms with Crippen molar-refractivity contribution in [3.63, 3.8) is 0 Å². The van der Waals surface area contributed by atoms with Crippen LogP contribution in [0.3, 0.4) is 0 Å². The number of aliphatic hydroxyl groups is 1. The van der Waals surface area contributed by atoms with E-state index in [0.29, 0.717) is 24.4 Å². The van der Waals surface area contributed by atoms with Crippen LogP contribution in [0.4, 0.5) is 5.69 Å². The normalized spacial score (nSPS) is 22.1. The Kier molecular flexibility index (Phi) is 7.20. The molecule has 0 saturated carbocycles. The Morgan fingerprint density at radius 2 is 1.92 bits per heavy atom. The standard InChI is InChI=1S/C27H28N4O5/c32-16-24-27-22(13-20(35-24)14-25(33)30-15-19-3-1-2-8-29-19)21-12-18(4-5-23(21)36-27)31-26(34)11-17-6-9-28-10-7-17/h1-10,12,20,22,24,27,32H,11,13-16H2,(H,30,33)(H,31,34)/t20-,22-,24+,27+/m1/s1. The van der Waals surface area contributed by atoms with Crippen LogP contribution in [0.5, 0.6) is 5.75 Å². The summed E-state index contributed by atoms with van der Waals surface area (Å²) in [7, 11) is 0. The number of nitrogens with zero attached hydrogens (tertiary/aromatic N) is 2. The summed E-state index contributed by atoms with van der Waals surface area (Å²) < 4.78 is 12.2. The summed E-state index contributed by atoms with van der Waals surface area (Å²) >= 11 is 0. The third kappa shape index (κ3) is 5.53. The molecule has 0 radical (unpaired) electrons. The number of fused-ring (bicyclic) bond motifs is 3. The van der Waals surface area contributed by atoms with E-state index in [1.54, 1.807) is 24.7 Å². The molecule has 36 heavy (non-hydrogen) atoms. The number of nitrogens with one attached hydrogen (secondary N) is 2.